The second kappa shape index (κ2) is 8.61. The van der Waals surface area contributed by atoms with Crippen LogP contribution in [0.15, 0.2) is 53.7 Å². The molecule has 4 rings (SSSR count). The van der Waals surface area contributed by atoms with E-state index >= 15 is 0 Å². The van der Waals surface area contributed by atoms with E-state index < -0.39 is 12.0 Å². The lowest BCUT2D eigenvalue weighted by atomic mass is 9.96. The number of carbonyl (C=O) groups excluding carboxylic acids is 1. The first kappa shape index (κ1) is 21.2. The monoisotopic (exact) mass is 458 g/mol. The summed E-state index contributed by atoms with van der Waals surface area (Å²) in [7, 11) is 1.59. The Balaban J connectivity index is 1.91. The summed E-state index contributed by atoms with van der Waals surface area (Å²) in [5.74, 6) is 1.11. The van der Waals surface area contributed by atoms with Gasteiger partial charge in [-0.05, 0) is 38.1 Å². The number of nitrogens with one attached hydrogen (secondary N) is 1. The molecule has 0 fully saturated rings. The van der Waals surface area contributed by atoms with E-state index in [2.05, 4.69) is 10.3 Å². The molecule has 0 radical (unpaired) electrons. The minimum absolute atomic E-state index is 0.243. The normalized spacial score (nSPS) is 15.3. The zero-order valence-corrected chi connectivity index (χ0v) is 18.7. The van der Waals surface area contributed by atoms with E-state index in [1.165, 1.54) is 0 Å². The molecular formula is C22H20Cl2N4O3. The molecule has 1 N–H and O–H groups in total. The van der Waals surface area contributed by atoms with E-state index in [-0.39, 0.29) is 6.61 Å². The molecule has 0 bridgehead atoms. The van der Waals surface area contributed by atoms with Gasteiger partial charge in [0.2, 0.25) is 5.95 Å². The first-order chi connectivity index (χ1) is 14.9. The Labute approximate surface area is 189 Å². The Kier molecular flexibility index (Phi) is 5.89. The number of allylic oxidation sites excluding steroid dienone is 1. The third-order valence-corrected chi connectivity index (χ3v) is 5.52. The van der Waals surface area contributed by atoms with E-state index in [0.717, 1.165) is 5.56 Å². The fraction of sp³-hybridized carbons (Fsp3) is 0.227. The Hall–Kier alpha value is -3.03. The molecule has 9 heteroatoms. The number of aromatic nitrogens is 3. The van der Waals surface area contributed by atoms with Crippen LogP contribution in [-0.4, -0.2) is 34.5 Å². The quantitative estimate of drug-likeness (QED) is 0.535. The lowest BCUT2D eigenvalue weighted by Crippen LogP contribution is -2.29. The van der Waals surface area contributed by atoms with Crippen molar-refractivity contribution in [3.63, 3.8) is 0 Å². The van der Waals surface area contributed by atoms with Gasteiger partial charge in [-0.25, -0.2) is 9.48 Å². The van der Waals surface area contributed by atoms with Crippen molar-refractivity contribution in [2.45, 2.75) is 19.9 Å². The van der Waals surface area contributed by atoms with E-state index in [1.54, 1.807) is 43.8 Å². The number of benzene rings is 2. The highest BCUT2D eigenvalue weighted by Gasteiger charge is 2.36. The van der Waals surface area contributed by atoms with Crippen molar-refractivity contribution in [3.8, 4) is 17.1 Å². The number of hydrogen-bond acceptors (Lipinski definition) is 6. The number of carbonyl (C=O) groups is 1. The van der Waals surface area contributed by atoms with Crippen LogP contribution in [-0.2, 0) is 9.53 Å². The lowest BCUT2D eigenvalue weighted by Gasteiger charge is -2.28. The summed E-state index contributed by atoms with van der Waals surface area (Å²) < 4.78 is 12.4. The van der Waals surface area contributed by atoms with Gasteiger partial charge in [0.1, 0.15) is 11.8 Å². The van der Waals surface area contributed by atoms with Gasteiger partial charge in [-0.15, -0.1) is 5.10 Å². The third kappa shape index (κ3) is 3.86. The molecule has 2 aromatic carbocycles. The average Bonchev–Trinajstić information content (AvgIpc) is 3.16. The SMILES string of the molecule is CCOC(=O)C1=C(C)Nc2nc(-c3ccccc3OC)nn2C1c1ccc(Cl)cc1Cl. The third-order valence-electron chi connectivity index (χ3n) is 4.95. The van der Waals surface area contributed by atoms with Crippen LogP contribution >= 0.6 is 23.2 Å². The van der Waals surface area contributed by atoms with Gasteiger partial charge in [0.25, 0.3) is 0 Å². The highest BCUT2D eigenvalue weighted by molar-refractivity contribution is 6.35. The van der Waals surface area contributed by atoms with E-state index in [0.29, 0.717) is 44.4 Å². The number of methoxy groups -OCH3 is 1. The van der Waals surface area contributed by atoms with Crippen molar-refractivity contribution in [2.24, 2.45) is 0 Å². The molecule has 0 saturated carbocycles. The molecular weight excluding hydrogens is 439 g/mol. The standard InChI is InChI=1S/C22H20Cl2N4O3/c1-4-31-21(29)18-12(2)25-22-26-20(15-7-5-6-8-17(15)30-3)27-28(22)19(18)14-10-9-13(23)11-16(14)24/h5-11,19H,4H2,1-3H3,(H,25,26,27). The van der Waals surface area contributed by atoms with Gasteiger partial charge < -0.3 is 14.8 Å². The zero-order chi connectivity index (χ0) is 22.1. The van der Waals surface area contributed by atoms with E-state index in [9.17, 15) is 4.79 Å². The number of ether oxygens (including phenoxy) is 2. The van der Waals surface area contributed by atoms with Crippen LogP contribution < -0.4 is 10.1 Å². The maximum Gasteiger partial charge on any atom is 0.338 e. The van der Waals surface area contributed by atoms with Crippen LogP contribution in [0.1, 0.15) is 25.5 Å². The average molecular weight is 459 g/mol. The first-order valence-corrected chi connectivity index (χ1v) is 10.4. The van der Waals surface area contributed by atoms with Gasteiger partial charge in [-0.1, -0.05) is 41.4 Å². The maximum absolute atomic E-state index is 12.9. The van der Waals surface area contributed by atoms with Crippen LogP contribution in [0.2, 0.25) is 10.0 Å². The second-order valence-electron chi connectivity index (χ2n) is 6.86. The van der Waals surface area contributed by atoms with Crippen molar-refractivity contribution in [1.29, 1.82) is 0 Å². The largest absolute Gasteiger partial charge is 0.496 e. The smallest absolute Gasteiger partial charge is 0.338 e. The molecule has 0 spiro atoms. The minimum Gasteiger partial charge on any atom is -0.496 e. The van der Waals surface area contributed by atoms with Crippen LogP contribution in [0.4, 0.5) is 5.95 Å². The van der Waals surface area contributed by atoms with Crippen LogP contribution in [0.5, 0.6) is 5.75 Å². The van der Waals surface area contributed by atoms with Crippen LogP contribution in [0.3, 0.4) is 0 Å². The summed E-state index contributed by atoms with van der Waals surface area (Å²) in [5, 5.41) is 8.78. The number of halogens is 2. The summed E-state index contributed by atoms with van der Waals surface area (Å²) >= 11 is 12.6. The molecule has 1 unspecified atom stereocenters. The topological polar surface area (TPSA) is 78.3 Å². The van der Waals surface area contributed by atoms with Crippen molar-refractivity contribution in [1.82, 2.24) is 14.8 Å². The predicted octanol–water partition coefficient (Wildman–Crippen LogP) is 5.11. The molecule has 160 valence electrons. The molecule has 31 heavy (non-hydrogen) atoms. The Morgan fingerprint density at radius 1 is 1.23 bits per heavy atom. The van der Waals surface area contributed by atoms with Gasteiger partial charge in [-0.3, -0.25) is 0 Å². The number of rotatable bonds is 5. The molecule has 1 aliphatic rings. The van der Waals surface area contributed by atoms with Crippen molar-refractivity contribution in [2.75, 3.05) is 19.0 Å². The summed E-state index contributed by atoms with van der Waals surface area (Å²) in [6.07, 6.45) is 0. The van der Waals surface area contributed by atoms with Crippen molar-refractivity contribution < 1.29 is 14.3 Å². The molecule has 0 saturated heterocycles. The van der Waals surface area contributed by atoms with Gasteiger partial charge in [0.05, 0.1) is 24.9 Å². The van der Waals surface area contributed by atoms with Gasteiger partial charge >= 0.3 is 5.97 Å². The lowest BCUT2D eigenvalue weighted by molar-refractivity contribution is -0.139. The van der Waals surface area contributed by atoms with Crippen molar-refractivity contribution in [3.05, 3.63) is 69.3 Å². The van der Waals surface area contributed by atoms with Gasteiger partial charge in [-0.2, -0.15) is 4.98 Å². The Morgan fingerprint density at radius 2 is 2.00 bits per heavy atom. The maximum atomic E-state index is 12.9. The summed E-state index contributed by atoms with van der Waals surface area (Å²) in [5.41, 5.74) is 2.40. The first-order valence-electron chi connectivity index (χ1n) is 9.64. The van der Waals surface area contributed by atoms with Crippen molar-refractivity contribution >= 4 is 35.1 Å². The number of nitrogens with zero attached hydrogens (tertiary/aromatic N) is 3. The fourth-order valence-corrected chi connectivity index (χ4v) is 4.09. The highest BCUT2D eigenvalue weighted by Crippen LogP contribution is 2.40. The van der Waals surface area contributed by atoms with Crippen LogP contribution in [0.25, 0.3) is 11.4 Å². The second-order valence-corrected chi connectivity index (χ2v) is 7.70. The molecule has 0 aliphatic carbocycles. The Bertz CT molecular complexity index is 1190. The van der Waals surface area contributed by atoms with Gasteiger partial charge in [0.15, 0.2) is 5.82 Å². The Morgan fingerprint density at radius 3 is 2.71 bits per heavy atom. The number of esters is 1. The molecule has 2 heterocycles. The number of para-hydroxylation sites is 1. The fourth-order valence-electron chi connectivity index (χ4n) is 3.58. The minimum atomic E-state index is -0.643. The summed E-state index contributed by atoms with van der Waals surface area (Å²) in [6, 6.07) is 12.0. The highest BCUT2D eigenvalue weighted by atomic mass is 35.5. The molecule has 3 aromatic rings. The zero-order valence-electron chi connectivity index (χ0n) is 17.1. The van der Waals surface area contributed by atoms with E-state index in [4.69, 9.17) is 37.8 Å². The molecule has 1 atom stereocenters. The van der Waals surface area contributed by atoms with Gasteiger partial charge in [0, 0.05) is 21.3 Å². The molecule has 0 amide bonds. The number of fused-ring (bicyclic) bond motifs is 1. The molecule has 1 aromatic heterocycles. The van der Waals surface area contributed by atoms with E-state index in [1.807, 2.05) is 24.3 Å². The number of hydrogen-bond donors (Lipinski definition) is 1. The molecule has 7 nitrogen and oxygen atoms in total. The number of anilines is 1. The molecule has 1 aliphatic heterocycles. The van der Waals surface area contributed by atoms with Crippen LogP contribution in [0, 0.1) is 0 Å². The summed E-state index contributed by atoms with van der Waals surface area (Å²) in [6.45, 7) is 3.80. The predicted molar refractivity (Wildman–Crippen MR) is 120 cm³/mol. The summed E-state index contributed by atoms with van der Waals surface area (Å²) in [4.78, 5) is 17.5.